The zero-order chi connectivity index (χ0) is 18.4. The predicted molar refractivity (Wildman–Crippen MR) is 95.5 cm³/mol. The van der Waals surface area contributed by atoms with E-state index < -0.39 is 6.36 Å². The minimum Gasteiger partial charge on any atom is -0.406 e. The first-order valence-electron chi connectivity index (χ1n) is 7.99. The number of anilines is 1. The van der Waals surface area contributed by atoms with E-state index in [4.69, 9.17) is 0 Å². The Labute approximate surface area is 149 Å². The highest BCUT2D eigenvalue weighted by Crippen LogP contribution is 2.26. The largest absolute Gasteiger partial charge is 0.573 e. The summed E-state index contributed by atoms with van der Waals surface area (Å²) in [6, 6.07) is 23.4. The number of halogens is 3. The third-order valence-electron chi connectivity index (χ3n) is 3.67. The lowest BCUT2D eigenvalue weighted by Gasteiger charge is -2.10. The van der Waals surface area contributed by atoms with Gasteiger partial charge in [-0.25, -0.2) is 5.43 Å². The van der Waals surface area contributed by atoms with Crippen LogP contribution in [-0.2, 0) is 6.54 Å². The molecule has 3 aromatic carbocycles. The third-order valence-corrected chi connectivity index (χ3v) is 3.67. The highest BCUT2D eigenvalue weighted by atomic mass is 19.4. The van der Waals surface area contributed by atoms with Crippen LogP contribution in [-0.4, -0.2) is 6.36 Å². The van der Waals surface area contributed by atoms with Crippen LogP contribution in [0.4, 0.5) is 18.9 Å². The van der Waals surface area contributed by atoms with E-state index in [0.29, 0.717) is 6.54 Å². The van der Waals surface area contributed by atoms with Crippen LogP contribution in [0.25, 0.3) is 11.1 Å². The molecule has 0 saturated carbocycles. The Morgan fingerprint density at radius 3 is 1.88 bits per heavy atom. The van der Waals surface area contributed by atoms with E-state index >= 15 is 0 Å². The Hall–Kier alpha value is -2.99. The second-order valence-electron chi connectivity index (χ2n) is 5.61. The number of nitrogens with one attached hydrogen (secondary N) is 2. The van der Waals surface area contributed by atoms with Gasteiger partial charge in [0.2, 0.25) is 0 Å². The van der Waals surface area contributed by atoms with Crippen molar-refractivity contribution in [3.05, 3.63) is 84.4 Å². The quantitative estimate of drug-likeness (QED) is 0.581. The van der Waals surface area contributed by atoms with Crippen molar-refractivity contribution >= 4 is 5.69 Å². The van der Waals surface area contributed by atoms with E-state index in [1.165, 1.54) is 12.1 Å². The maximum absolute atomic E-state index is 12.2. The van der Waals surface area contributed by atoms with Gasteiger partial charge < -0.3 is 10.2 Å². The number of benzene rings is 3. The van der Waals surface area contributed by atoms with Crippen LogP contribution in [0.2, 0.25) is 0 Å². The summed E-state index contributed by atoms with van der Waals surface area (Å²) in [7, 11) is 0. The Kier molecular flexibility index (Phi) is 5.43. The lowest BCUT2D eigenvalue weighted by Crippen LogP contribution is -2.20. The number of ether oxygens (including phenoxy) is 1. The molecular formula is C20H17F3N2O. The molecule has 6 heteroatoms. The molecule has 0 spiro atoms. The van der Waals surface area contributed by atoms with Crippen LogP contribution in [0.1, 0.15) is 5.56 Å². The molecule has 134 valence electrons. The van der Waals surface area contributed by atoms with Crippen LogP contribution in [0.5, 0.6) is 5.75 Å². The molecule has 0 fully saturated rings. The van der Waals surface area contributed by atoms with E-state index in [1.54, 1.807) is 12.1 Å². The normalized spacial score (nSPS) is 11.2. The molecule has 0 aromatic heterocycles. The molecule has 3 nitrogen and oxygen atoms in total. The van der Waals surface area contributed by atoms with Crippen LogP contribution in [0.3, 0.4) is 0 Å². The summed E-state index contributed by atoms with van der Waals surface area (Å²) in [4.78, 5) is 0. The molecule has 0 aliphatic carbocycles. The summed E-state index contributed by atoms with van der Waals surface area (Å²) in [5, 5.41) is 0. The maximum atomic E-state index is 12.2. The van der Waals surface area contributed by atoms with Crippen molar-refractivity contribution in [2.24, 2.45) is 0 Å². The van der Waals surface area contributed by atoms with Gasteiger partial charge in [0.15, 0.2) is 0 Å². The fourth-order valence-electron chi connectivity index (χ4n) is 2.43. The monoisotopic (exact) mass is 358 g/mol. The van der Waals surface area contributed by atoms with Crippen molar-refractivity contribution in [1.82, 2.24) is 5.43 Å². The van der Waals surface area contributed by atoms with Crippen molar-refractivity contribution in [2.75, 3.05) is 5.43 Å². The molecule has 26 heavy (non-hydrogen) atoms. The van der Waals surface area contributed by atoms with Crippen LogP contribution in [0.15, 0.2) is 78.9 Å². The van der Waals surface area contributed by atoms with Crippen LogP contribution >= 0.6 is 0 Å². The number of hydrogen-bond donors (Lipinski definition) is 2. The Balaban J connectivity index is 1.57. The lowest BCUT2D eigenvalue weighted by atomic mass is 10.0. The number of hydrogen-bond acceptors (Lipinski definition) is 3. The van der Waals surface area contributed by atoms with Crippen molar-refractivity contribution in [3.63, 3.8) is 0 Å². The molecule has 0 bridgehead atoms. The summed E-state index contributed by atoms with van der Waals surface area (Å²) in [6.07, 6.45) is -4.68. The topological polar surface area (TPSA) is 33.3 Å². The van der Waals surface area contributed by atoms with Gasteiger partial charge in [0.05, 0.1) is 0 Å². The average molecular weight is 358 g/mol. The molecule has 0 saturated heterocycles. The average Bonchev–Trinajstić information content (AvgIpc) is 2.63. The first kappa shape index (κ1) is 17.8. The van der Waals surface area contributed by atoms with Crippen LogP contribution in [0, 0.1) is 0 Å². The van der Waals surface area contributed by atoms with Crippen molar-refractivity contribution in [3.8, 4) is 16.9 Å². The summed E-state index contributed by atoms with van der Waals surface area (Å²) >= 11 is 0. The van der Waals surface area contributed by atoms with Gasteiger partial charge >= 0.3 is 6.36 Å². The fraction of sp³-hybridized carbons (Fsp3) is 0.100. The SMILES string of the molecule is FC(F)(F)Oc1ccc(-c2ccc(CNNc3ccccc3)cc2)cc1. The summed E-state index contributed by atoms with van der Waals surface area (Å²) in [6.45, 7) is 0.632. The zero-order valence-electron chi connectivity index (χ0n) is 13.8. The molecule has 3 aromatic rings. The van der Waals surface area contributed by atoms with Gasteiger partial charge in [0, 0.05) is 12.2 Å². The van der Waals surface area contributed by atoms with Crippen LogP contribution < -0.4 is 15.6 Å². The first-order chi connectivity index (χ1) is 12.5. The molecule has 0 unspecified atom stereocenters. The van der Waals surface area contributed by atoms with Gasteiger partial charge in [-0.1, -0.05) is 54.6 Å². The van der Waals surface area contributed by atoms with Gasteiger partial charge in [-0.05, 0) is 41.0 Å². The fourth-order valence-corrected chi connectivity index (χ4v) is 2.43. The predicted octanol–water partition coefficient (Wildman–Crippen LogP) is 5.37. The zero-order valence-corrected chi connectivity index (χ0v) is 13.8. The molecule has 2 N–H and O–H groups in total. The highest BCUT2D eigenvalue weighted by Gasteiger charge is 2.30. The standard InChI is InChI=1S/C20H17F3N2O/c21-20(22,23)26-19-12-10-17(11-13-19)16-8-6-15(7-9-16)14-24-25-18-4-2-1-3-5-18/h1-13,24-25H,14H2. The molecule has 0 atom stereocenters. The first-order valence-corrected chi connectivity index (χ1v) is 7.99. The van der Waals surface area contributed by atoms with Crippen molar-refractivity contribution in [1.29, 1.82) is 0 Å². The summed E-state index contributed by atoms with van der Waals surface area (Å²) < 4.78 is 40.4. The second-order valence-corrected chi connectivity index (χ2v) is 5.61. The maximum Gasteiger partial charge on any atom is 0.573 e. The summed E-state index contributed by atoms with van der Waals surface area (Å²) in [5.41, 5.74) is 10.0. The molecule has 0 heterocycles. The Bertz CT molecular complexity index is 816. The van der Waals surface area contributed by atoms with Gasteiger partial charge in [-0.15, -0.1) is 13.2 Å². The minimum atomic E-state index is -4.68. The minimum absolute atomic E-state index is 0.228. The molecule has 3 rings (SSSR count). The molecule has 0 aliphatic heterocycles. The van der Waals surface area contributed by atoms with E-state index in [-0.39, 0.29) is 5.75 Å². The molecular weight excluding hydrogens is 341 g/mol. The van der Waals surface area contributed by atoms with E-state index in [2.05, 4.69) is 15.6 Å². The molecule has 0 amide bonds. The van der Waals surface area contributed by atoms with Gasteiger partial charge in [0.1, 0.15) is 5.75 Å². The number of rotatable bonds is 6. The van der Waals surface area contributed by atoms with E-state index in [9.17, 15) is 13.2 Å². The lowest BCUT2D eigenvalue weighted by molar-refractivity contribution is -0.274. The Morgan fingerprint density at radius 1 is 0.731 bits per heavy atom. The van der Waals surface area contributed by atoms with Gasteiger partial charge in [0.25, 0.3) is 0 Å². The highest BCUT2D eigenvalue weighted by molar-refractivity contribution is 5.64. The Morgan fingerprint density at radius 2 is 1.31 bits per heavy atom. The number of hydrazine groups is 1. The molecule has 0 radical (unpaired) electrons. The summed E-state index contributed by atoms with van der Waals surface area (Å²) in [5.74, 6) is -0.228. The van der Waals surface area contributed by atoms with Crippen molar-refractivity contribution < 1.29 is 17.9 Å². The van der Waals surface area contributed by atoms with Crippen molar-refractivity contribution in [2.45, 2.75) is 12.9 Å². The van der Waals surface area contributed by atoms with E-state index in [0.717, 1.165) is 22.4 Å². The van der Waals surface area contributed by atoms with Gasteiger partial charge in [-0.2, -0.15) is 0 Å². The molecule has 0 aliphatic rings. The smallest absolute Gasteiger partial charge is 0.406 e. The third kappa shape index (κ3) is 5.26. The number of alkyl halides is 3. The number of para-hydroxylation sites is 1. The second kappa shape index (κ2) is 7.93. The van der Waals surface area contributed by atoms with Gasteiger partial charge in [-0.3, -0.25) is 0 Å². The van der Waals surface area contributed by atoms with E-state index in [1.807, 2.05) is 54.6 Å².